The number of para-hydroxylation sites is 1. The van der Waals surface area contributed by atoms with Crippen molar-refractivity contribution in [3.63, 3.8) is 0 Å². The van der Waals surface area contributed by atoms with Gasteiger partial charge in [-0.05, 0) is 38.3 Å². The molecule has 1 aliphatic heterocycles. The van der Waals surface area contributed by atoms with E-state index in [0.717, 1.165) is 12.8 Å². The molecule has 0 bridgehead atoms. The molecule has 1 aliphatic rings. The lowest BCUT2D eigenvalue weighted by atomic mass is 10.1. The lowest BCUT2D eigenvalue weighted by molar-refractivity contribution is -0.132. The van der Waals surface area contributed by atoms with E-state index in [2.05, 4.69) is 10.6 Å². The molecule has 5 heteroatoms. The van der Waals surface area contributed by atoms with Crippen LogP contribution >= 0.6 is 0 Å². The van der Waals surface area contributed by atoms with Crippen LogP contribution in [0.5, 0.6) is 5.75 Å². The molecule has 20 heavy (non-hydrogen) atoms. The molecule has 2 atom stereocenters. The summed E-state index contributed by atoms with van der Waals surface area (Å²) in [7, 11) is 0. The Bertz CT molecular complexity index is 461. The number of benzene rings is 1. The summed E-state index contributed by atoms with van der Waals surface area (Å²) in [4.78, 5) is 23.8. The molecule has 0 radical (unpaired) electrons. The van der Waals surface area contributed by atoms with Gasteiger partial charge >= 0.3 is 0 Å². The van der Waals surface area contributed by atoms with Gasteiger partial charge in [-0.1, -0.05) is 18.2 Å². The molecule has 1 aromatic rings. The van der Waals surface area contributed by atoms with Crippen molar-refractivity contribution < 1.29 is 14.3 Å². The maximum Gasteiger partial charge on any atom is 0.261 e. The largest absolute Gasteiger partial charge is 0.481 e. The van der Waals surface area contributed by atoms with Crippen LogP contribution in [0.2, 0.25) is 0 Å². The van der Waals surface area contributed by atoms with Crippen LogP contribution in [0, 0.1) is 0 Å². The number of hydrogen-bond acceptors (Lipinski definition) is 3. The van der Waals surface area contributed by atoms with Gasteiger partial charge in [-0.2, -0.15) is 0 Å². The van der Waals surface area contributed by atoms with Crippen LogP contribution < -0.4 is 15.4 Å². The highest BCUT2D eigenvalue weighted by atomic mass is 16.5. The molecule has 108 valence electrons. The Hall–Kier alpha value is -2.04. The van der Waals surface area contributed by atoms with Crippen molar-refractivity contribution in [2.45, 2.75) is 38.3 Å². The molecule has 1 aromatic carbocycles. The van der Waals surface area contributed by atoms with Crippen molar-refractivity contribution in [2.75, 3.05) is 6.54 Å². The molecule has 5 nitrogen and oxygen atoms in total. The van der Waals surface area contributed by atoms with Gasteiger partial charge in [0.15, 0.2) is 6.10 Å². The van der Waals surface area contributed by atoms with E-state index in [1.165, 1.54) is 0 Å². The van der Waals surface area contributed by atoms with E-state index in [4.69, 9.17) is 4.74 Å². The van der Waals surface area contributed by atoms with Gasteiger partial charge in [-0.25, -0.2) is 0 Å². The summed E-state index contributed by atoms with van der Waals surface area (Å²) < 4.78 is 5.54. The first-order valence-corrected chi connectivity index (χ1v) is 6.96. The van der Waals surface area contributed by atoms with E-state index >= 15 is 0 Å². The van der Waals surface area contributed by atoms with Crippen LogP contribution in [0.15, 0.2) is 30.3 Å². The third-order valence-corrected chi connectivity index (χ3v) is 3.28. The third kappa shape index (κ3) is 3.98. The van der Waals surface area contributed by atoms with Crippen molar-refractivity contribution in [3.05, 3.63) is 30.3 Å². The molecule has 1 saturated heterocycles. The molecule has 0 saturated carbocycles. The van der Waals surface area contributed by atoms with Crippen molar-refractivity contribution >= 4 is 11.8 Å². The topological polar surface area (TPSA) is 67.4 Å². The van der Waals surface area contributed by atoms with Crippen LogP contribution in [0.4, 0.5) is 0 Å². The molecule has 0 unspecified atom stereocenters. The third-order valence-electron chi connectivity index (χ3n) is 3.28. The zero-order chi connectivity index (χ0) is 14.4. The van der Waals surface area contributed by atoms with Crippen molar-refractivity contribution in [1.29, 1.82) is 0 Å². The summed E-state index contributed by atoms with van der Waals surface area (Å²) in [6.45, 7) is 2.36. The quantitative estimate of drug-likeness (QED) is 0.869. The van der Waals surface area contributed by atoms with Gasteiger partial charge in [0.25, 0.3) is 5.91 Å². The molecule has 1 heterocycles. The Labute approximate surface area is 118 Å². The zero-order valence-electron chi connectivity index (χ0n) is 11.6. The zero-order valence-corrected chi connectivity index (χ0v) is 11.6. The van der Waals surface area contributed by atoms with E-state index in [1.807, 2.05) is 18.2 Å². The predicted molar refractivity (Wildman–Crippen MR) is 75.3 cm³/mol. The fraction of sp³-hybridized carbons (Fsp3) is 0.467. The lowest BCUT2D eigenvalue weighted by Crippen LogP contribution is -2.49. The standard InChI is InChI=1S/C15H20N2O3/c1-11(20-12-7-3-2-4-8-12)14(18)17-13-9-5-6-10-16-15(13)19/h2-4,7-8,11,13H,5-6,9-10H2,1H3,(H,16,19)(H,17,18)/t11-,13+/m0/s1. The fourth-order valence-corrected chi connectivity index (χ4v) is 2.12. The molecule has 0 spiro atoms. The minimum absolute atomic E-state index is 0.109. The average molecular weight is 276 g/mol. The van der Waals surface area contributed by atoms with E-state index in [1.54, 1.807) is 19.1 Å². The lowest BCUT2D eigenvalue weighted by Gasteiger charge is -2.19. The fourth-order valence-electron chi connectivity index (χ4n) is 2.12. The Balaban J connectivity index is 1.88. The number of carbonyl (C=O) groups is 2. The van der Waals surface area contributed by atoms with Crippen molar-refractivity contribution in [2.24, 2.45) is 0 Å². The first kappa shape index (κ1) is 14.4. The highest BCUT2D eigenvalue weighted by Crippen LogP contribution is 2.11. The van der Waals surface area contributed by atoms with E-state index in [9.17, 15) is 9.59 Å². The predicted octanol–water partition coefficient (Wildman–Crippen LogP) is 1.24. The van der Waals surface area contributed by atoms with Gasteiger partial charge < -0.3 is 15.4 Å². The van der Waals surface area contributed by atoms with E-state index in [-0.39, 0.29) is 11.8 Å². The minimum Gasteiger partial charge on any atom is -0.481 e. The highest BCUT2D eigenvalue weighted by Gasteiger charge is 2.25. The number of rotatable bonds is 4. The maximum atomic E-state index is 12.1. The van der Waals surface area contributed by atoms with Crippen LogP contribution in [0.3, 0.4) is 0 Å². The van der Waals surface area contributed by atoms with Gasteiger partial charge in [0.05, 0.1) is 0 Å². The van der Waals surface area contributed by atoms with Crippen molar-refractivity contribution in [3.8, 4) is 5.75 Å². The summed E-state index contributed by atoms with van der Waals surface area (Å²) in [5.74, 6) is 0.263. The first-order chi connectivity index (χ1) is 9.66. The SMILES string of the molecule is C[C@H](Oc1ccccc1)C(=O)N[C@@H]1CCCCNC1=O. The average Bonchev–Trinajstić information content (AvgIpc) is 2.65. The highest BCUT2D eigenvalue weighted by molar-refractivity contribution is 5.89. The number of ether oxygens (including phenoxy) is 1. The normalized spacial score (nSPS) is 20.4. The molecule has 2 rings (SSSR count). The second-order valence-electron chi connectivity index (χ2n) is 4.92. The number of nitrogens with one attached hydrogen (secondary N) is 2. The second-order valence-corrected chi connectivity index (χ2v) is 4.92. The van der Waals surface area contributed by atoms with Crippen LogP contribution in [-0.2, 0) is 9.59 Å². The second kappa shape index (κ2) is 6.93. The number of carbonyl (C=O) groups excluding carboxylic acids is 2. The van der Waals surface area contributed by atoms with Crippen LogP contribution in [0.25, 0.3) is 0 Å². The van der Waals surface area contributed by atoms with Crippen LogP contribution in [-0.4, -0.2) is 30.5 Å². The molecular formula is C15H20N2O3. The Morgan fingerprint density at radius 1 is 1.35 bits per heavy atom. The molecule has 0 aliphatic carbocycles. The molecular weight excluding hydrogens is 256 g/mol. The summed E-state index contributed by atoms with van der Waals surface area (Å²) in [5, 5.41) is 5.55. The Morgan fingerprint density at radius 2 is 2.10 bits per heavy atom. The van der Waals surface area contributed by atoms with Gasteiger partial charge in [-0.3, -0.25) is 9.59 Å². The number of hydrogen-bond donors (Lipinski definition) is 2. The summed E-state index contributed by atoms with van der Waals surface area (Å²) in [5.41, 5.74) is 0. The summed E-state index contributed by atoms with van der Waals surface area (Å²) in [6, 6.07) is 8.71. The van der Waals surface area contributed by atoms with Gasteiger partial charge in [0.1, 0.15) is 11.8 Å². The van der Waals surface area contributed by atoms with Gasteiger partial charge in [0.2, 0.25) is 5.91 Å². The Morgan fingerprint density at radius 3 is 2.85 bits per heavy atom. The first-order valence-electron chi connectivity index (χ1n) is 6.96. The molecule has 2 N–H and O–H groups in total. The molecule has 1 fully saturated rings. The summed E-state index contributed by atoms with van der Waals surface area (Å²) >= 11 is 0. The number of amides is 2. The molecule has 0 aromatic heterocycles. The van der Waals surface area contributed by atoms with E-state index < -0.39 is 12.1 Å². The molecule has 2 amide bonds. The van der Waals surface area contributed by atoms with Crippen molar-refractivity contribution in [1.82, 2.24) is 10.6 Å². The monoisotopic (exact) mass is 276 g/mol. The maximum absolute atomic E-state index is 12.1. The summed E-state index contributed by atoms with van der Waals surface area (Å²) in [6.07, 6.45) is 1.93. The van der Waals surface area contributed by atoms with Gasteiger partial charge in [-0.15, -0.1) is 0 Å². The Kier molecular flexibility index (Phi) is 4.98. The smallest absolute Gasteiger partial charge is 0.261 e. The minimum atomic E-state index is -0.631. The van der Waals surface area contributed by atoms with E-state index in [0.29, 0.717) is 18.7 Å². The van der Waals surface area contributed by atoms with Gasteiger partial charge in [0, 0.05) is 6.54 Å². The van der Waals surface area contributed by atoms with Crippen LogP contribution in [0.1, 0.15) is 26.2 Å².